The summed E-state index contributed by atoms with van der Waals surface area (Å²) in [5.74, 6) is -0.865. The molecule has 0 saturated heterocycles. The van der Waals surface area contributed by atoms with E-state index in [1.807, 2.05) is 30.7 Å². The lowest BCUT2D eigenvalue weighted by Crippen LogP contribution is -2.24. The van der Waals surface area contributed by atoms with Gasteiger partial charge in [0.05, 0.1) is 0 Å². The van der Waals surface area contributed by atoms with Gasteiger partial charge < -0.3 is 10.1 Å². The van der Waals surface area contributed by atoms with Crippen molar-refractivity contribution in [2.24, 2.45) is 5.92 Å². The van der Waals surface area contributed by atoms with Crippen molar-refractivity contribution < 1.29 is 19.1 Å². The number of carbonyl (C=O) groups excluding carboxylic acids is 3. The summed E-state index contributed by atoms with van der Waals surface area (Å²) in [4.78, 5) is 36.0. The molecule has 0 bridgehead atoms. The third kappa shape index (κ3) is 5.81. The number of thiophene rings is 1. The molecular weight excluding hydrogens is 350 g/mol. The number of hydrogen-bond donors (Lipinski definition) is 1. The van der Waals surface area contributed by atoms with Gasteiger partial charge in [-0.15, -0.1) is 0 Å². The maximum atomic E-state index is 12.4. The average molecular weight is 373 g/mol. The summed E-state index contributed by atoms with van der Waals surface area (Å²) < 4.78 is 5.24. The van der Waals surface area contributed by atoms with Gasteiger partial charge in [0.15, 0.2) is 6.10 Å². The number of nitrogens with one attached hydrogen (secondary N) is 1. The predicted molar refractivity (Wildman–Crippen MR) is 102 cm³/mol. The predicted octanol–water partition coefficient (Wildman–Crippen LogP) is 4.09. The minimum atomic E-state index is -0.846. The fourth-order valence-corrected chi connectivity index (χ4v) is 2.93. The van der Waals surface area contributed by atoms with Crippen LogP contribution in [0.4, 0.5) is 5.69 Å². The van der Waals surface area contributed by atoms with Crippen molar-refractivity contribution in [2.75, 3.05) is 5.32 Å². The Morgan fingerprint density at radius 1 is 1.08 bits per heavy atom. The first kappa shape index (κ1) is 19.8. The largest absolute Gasteiger partial charge is 0.454 e. The Kier molecular flexibility index (Phi) is 7.09. The third-order valence-electron chi connectivity index (χ3n) is 3.84. The zero-order chi connectivity index (χ0) is 19.1. The molecule has 0 aliphatic carbocycles. The maximum absolute atomic E-state index is 12.4. The molecule has 1 aromatic heterocycles. The summed E-state index contributed by atoms with van der Waals surface area (Å²) in [5, 5.41) is 6.71. The van der Waals surface area contributed by atoms with E-state index in [-0.39, 0.29) is 24.0 Å². The fraction of sp³-hybridized carbons (Fsp3) is 0.350. The minimum absolute atomic E-state index is 0.0861. The number of anilines is 1. The summed E-state index contributed by atoms with van der Waals surface area (Å²) in [5.41, 5.74) is 2.15. The number of benzene rings is 1. The number of esters is 1. The summed E-state index contributed by atoms with van der Waals surface area (Å²) in [6, 6.07) is 8.53. The van der Waals surface area contributed by atoms with E-state index in [1.54, 1.807) is 42.5 Å². The van der Waals surface area contributed by atoms with Crippen molar-refractivity contribution in [2.45, 2.75) is 39.7 Å². The SMILES string of the molecule is CC(C)C(=O)Nc1ccc(C(=O)[C@H](C)OC(=O)CCc2ccsc2)cc1. The van der Waals surface area contributed by atoms with Gasteiger partial charge >= 0.3 is 5.97 Å². The van der Waals surface area contributed by atoms with E-state index in [0.29, 0.717) is 17.7 Å². The van der Waals surface area contributed by atoms with Crippen LogP contribution in [0, 0.1) is 5.92 Å². The van der Waals surface area contributed by atoms with E-state index in [9.17, 15) is 14.4 Å². The summed E-state index contributed by atoms with van der Waals surface area (Å²) in [6.45, 7) is 5.18. The standard InChI is InChI=1S/C20H23NO4S/c1-13(2)20(24)21-17-7-5-16(6-8-17)19(23)14(3)25-18(22)9-4-15-10-11-26-12-15/h5-8,10-14H,4,9H2,1-3H3,(H,21,24)/t14-/m0/s1. The molecule has 26 heavy (non-hydrogen) atoms. The number of aryl methyl sites for hydroxylation is 1. The number of amides is 1. The van der Waals surface area contributed by atoms with Crippen LogP contribution in [-0.2, 0) is 20.7 Å². The smallest absolute Gasteiger partial charge is 0.306 e. The van der Waals surface area contributed by atoms with Crippen molar-refractivity contribution in [3.63, 3.8) is 0 Å². The van der Waals surface area contributed by atoms with E-state index in [4.69, 9.17) is 4.74 Å². The highest BCUT2D eigenvalue weighted by Crippen LogP contribution is 2.14. The zero-order valence-corrected chi connectivity index (χ0v) is 16.0. The van der Waals surface area contributed by atoms with Crippen LogP contribution in [0.15, 0.2) is 41.1 Å². The normalized spacial score (nSPS) is 11.8. The van der Waals surface area contributed by atoms with E-state index in [1.165, 1.54) is 0 Å². The zero-order valence-electron chi connectivity index (χ0n) is 15.2. The molecule has 0 radical (unpaired) electrons. The highest BCUT2D eigenvalue weighted by atomic mass is 32.1. The molecule has 0 fully saturated rings. The molecule has 0 aliphatic rings. The van der Waals surface area contributed by atoms with Crippen LogP contribution in [0.1, 0.15) is 43.1 Å². The Morgan fingerprint density at radius 2 is 1.77 bits per heavy atom. The lowest BCUT2D eigenvalue weighted by molar-refractivity contribution is -0.146. The molecular formula is C20H23NO4S. The van der Waals surface area contributed by atoms with E-state index in [0.717, 1.165) is 5.56 Å². The van der Waals surface area contributed by atoms with Gasteiger partial charge in [-0.3, -0.25) is 14.4 Å². The molecule has 1 amide bonds. The second-order valence-corrected chi connectivity index (χ2v) is 7.13. The van der Waals surface area contributed by atoms with Crippen LogP contribution < -0.4 is 5.32 Å². The van der Waals surface area contributed by atoms with Crippen molar-refractivity contribution in [1.82, 2.24) is 0 Å². The molecule has 138 valence electrons. The lowest BCUT2D eigenvalue weighted by atomic mass is 10.1. The van der Waals surface area contributed by atoms with Gasteiger partial charge in [0, 0.05) is 23.6 Å². The summed E-state index contributed by atoms with van der Waals surface area (Å²) >= 11 is 1.58. The van der Waals surface area contributed by atoms with E-state index < -0.39 is 12.1 Å². The Morgan fingerprint density at radius 3 is 2.35 bits per heavy atom. The topological polar surface area (TPSA) is 72.5 Å². The first-order valence-corrected chi connectivity index (χ1v) is 9.46. The van der Waals surface area contributed by atoms with Gasteiger partial charge in [-0.1, -0.05) is 13.8 Å². The van der Waals surface area contributed by atoms with Crippen LogP contribution >= 0.6 is 11.3 Å². The van der Waals surface area contributed by atoms with E-state index >= 15 is 0 Å². The number of carbonyl (C=O) groups is 3. The second kappa shape index (κ2) is 9.29. The minimum Gasteiger partial charge on any atom is -0.454 e. The quantitative estimate of drug-likeness (QED) is 0.559. The van der Waals surface area contributed by atoms with Crippen LogP contribution in [0.5, 0.6) is 0 Å². The first-order chi connectivity index (χ1) is 12.4. The number of hydrogen-bond acceptors (Lipinski definition) is 5. The molecule has 1 atom stereocenters. The Labute approximate surface area is 157 Å². The van der Waals surface area contributed by atoms with Crippen molar-refractivity contribution in [3.05, 3.63) is 52.2 Å². The Balaban J connectivity index is 1.86. The van der Waals surface area contributed by atoms with E-state index in [2.05, 4.69) is 5.32 Å². The maximum Gasteiger partial charge on any atom is 0.306 e. The summed E-state index contributed by atoms with van der Waals surface area (Å²) in [7, 11) is 0. The van der Waals surface area contributed by atoms with Crippen LogP contribution in [0.2, 0.25) is 0 Å². The Hall–Kier alpha value is -2.47. The molecule has 6 heteroatoms. The molecule has 2 rings (SSSR count). The molecule has 0 aliphatic heterocycles. The Bertz CT molecular complexity index is 751. The summed E-state index contributed by atoms with van der Waals surface area (Å²) in [6.07, 6.45) is 0.00300. The highest BCUT2D eigenvalue weighted by Gasteiger charge is 2.19. The van der Waals surface area contributed by atoms with Gasteiger partial charge in [-0.25, -0.2) is 0 Å². The van der Waals surface area contributed by atoms with Gasteiger partial charge in [-0.2, -0.15) is 11.3 Å². The number of Topliss-reactive ketones (excluding diaryl/α,β-unsaturated/α-hetero) is 1. The van der Waals surface area contributed by atoms with Gasteiger partial charge in [-0.05, 0) is 60.0 Å². The van der Waals surface area contributed by atoms with Crippen LogP contribution in [0.25, 0.3) is 0 Å². The monoisotopic (exact) mass is 373 g/mol. The number of rotatable bonds is 8. The number of ether oxygens (including phenoxy) is 1. The van der Waals surface area contributed by atoms with Crippen molar-refractivity contribution >= 4 is 34.7 Å². The average Bonchev–Trinajstić information content (AvgIpc) is 3.13. The lowest BCUT2D eigenvalue weighted by Gasteiger charge is -2.13. The van der Waals surface area contributed by atoms with Crippen molar-refractivity contribution in [1.29, 1.82) is 0 Å². The third-order valence-corrected chi connectivity index (χ3v) is 4.57. The number of ketones is 1. The molecule has 0 unspecified atom stereocenters. The van der Waals surface area contributed by atoms with Gasteiger partial charge in [0.1, 0.15) is 0 Å². The van der Waals surface area contributed by atoms with Gasteiger partial charge in [0.2, 0.25) is 11.7 Å². The molecule has 5 nitrogen and oxygen atoms in total. The van der Waals surface area contributed by atoms with Crippen LogP contribution in [0.3, 0.4) is 0 Å². The van der Waals surface area contributed by atoms with Crippen LogP contribution in [-0.4, -0.2) is 23.8 Å². The first-order valence-electron chi connectivity index (χ1n) is 8.52. The molecule has 1 aromatic carbocycles. The highest BCUT2D eigenvalue weighted by molar-refractivity contribution is 7.07. The molecule has 0 saturated carbocycles. The molecule has 1 heterocycles. The van der Waals surface area contributed by atoms with Crippen molar-refractivity contribution in [3.8, 4) is 0 Å². The molecule has 1 N–H and O–H groups in total. The second-order valence-electron chi connectivity index (χ2n) is 6.35. The fourth-order valence-electron chi connectivity index (χ4n) is 2.23. The molecule has 2 aromatic rings. The van der Waals surface area contributed by atoms with Gasteiger partial charge in [0.25, 0.3) is 0 Å². The molecule has 0 spiro atoms.